The Bertz CT molecular complexity index is 776. The monoisotopic (exact) mass is 374 g/mol. The van der Waals surface area contributed by atoms with E-state index in [1.807, 2.05) is 0 Å². The van der Waals surface area contributed by atoms with E-state index in [-0.39, 0.29) is 17.6 Å². The number of phenols is 1. The average Bonchev–Trinajstić information content (AvgIpc) is 3.36. The number of hydrogen-bond acceptors (Lipinski definition) is 7. The van der Waals surface area contributed by atoms with Gasteiger partial charge in [-0.25, -0.2) is 0 Å². The summed E-state index contributed by atoms with van der Waals surface area (Å²) >= 11 is 0. The summed E-state index contributed by atoms with van der Waals surface area (Å²) in [6.45, 7) is 2.70. The van der Waals surface area contributed by atoms with Crippen molar-refractivity contribution < 1.29 is 23.9 Å². The lowest BCUT2D eigenvalue weighted by Crippen LogP contribution is -2.38. The second kappa shape index (κ2) is 8.17. The van der Waals surface area contributed by atoms with Crippen LogP contribution in [0, 0.1) is 11.8 Å². The molecular weight excluding hydrogens is 348 g/mol. The van der Waals surface area contributed by atoms with Crippen molar-refractivity contribution in [3.8, 4) is 11.6 Å². The summed E-state index contributed by atoms with van der Waals surface area (Å²) in [5.74, 6) is 0.948. The third-order valence-corrected chi connectivity index (χ3v) is 5.69. The average molecular weight is 374 g/mol. The highest BCUT2D eigenvalue weighted by atomic mass is 16.5. The van der Waals surface area contributed by atoms with Crippen LogP contribution in [0.1, 0.15) is 38.5 Å². The number of piperidine rings is 1. The van der Waals surface area contributed by atoms with Crippen molar-refractivity contribution in [1.29, 1.82) is 0 Å². The van der Waals surface area contributed by atoms with Gasteiger partial charge in [0.1, 0.15) is 17.9 Å². The van der Waals surface area contributed by atoms with E-state index in [4.69, 9.17) is 14.0 Å². The molecule has 1 aromatic heterocycles. The molecule has 1 aromatic carbocycles. The number of esters is 1. The van der Waals surface area contributed by atoms with Crippen molar-refractivity contribution in [2.24, 2.45) is 11.8 Å². The molecule has 2 aromatic rings. The van der Waals surface area contributed by atoms with Crippen molar-refractivity contribution in [2.45, 2.75) is 38.5 Å². The maximum atomic E-state index is 12.0. The lowest BCUT2D eigenvalue weighted by molar-refractivity contribution is -0.153. The van der Waals surface area contributed by atoms with Crippen LogP contribution in [0.15, 0.2) is 22.7 Å². The van der Waals surface area contributed by atoms with Gasteiger partial charge in [0, 0.05) is 13.1 Å². The van der Waals surface area contributed by atoms with Crippen molar-refractivity contribution >= 4 is 16.9 Å². The van der Waals surface area contributed by atoms with Crippen molar-refractivity contribution in [3.63, 3.8) is 0 Å². The minimum Gasteiger partial charge on any atom is -0.507 e. The molecule has 0 unspecified atom stereocenters. The highest BCUT2D eigenvalue weighted by molar-refractivity contribution is 5.88. The standard InChI is InChI=1S/C20H26N2O5/c23-16-6-3-7-17-18(16)19(21-27-17)25-12-14-8-10-22(11-9-14)13-26-20(24)15-4-1-2-5-15/h3,6-7,14-15,23H,1-2,4-5,8-13H2. The van der Waals surface area contributed by atoms with Crippen LogP contribution in [0.4, 0.5) is 0 Å². The molecule has 0 amide bonds. The lowest BCUT2D eigenvalue weighted by Gasteiger charge is -2.31. The number of carbonyl (C=O) groups is 1. The van der Waals surface area contributed by atoms with Gasteiger partial charge in [-0.3, -0.25) is 9.69 Å². The molecule has 2 heterocycles. The molecule has 2 fully saturated rings. The predicted octanol–water partition coefficient (Wildman–Crippen LogP) is 3.32. The highest BCUT2D eigenvalue weighted by Crippen LogP contribution is 2.33. The van der Waals surface area contributed by atoms with E-state index in [1.165, 1.54) is 0 Å². The Morgan fingerprint density at radius 2 is 2.00 bits per heavy atom. The van der Waals surface area contributed by atoms with E-state index in [0.717, 1.165) is 51.6 Å². The largest absolute Gasteiger partial charge is 0.507 e. The fraction of sp³-hybridized carbons (Fsp3) is 0.600. The fourth-order valence-corrected chi connectivity index (χ4v) is 3.96. The molecule has 1 aliphatic heterocycles. The maximum Gasteiger partial charge on any atom is 0.310 e. The van der Waals surface area contributed by atoms with Crippen LogP contribution in [0.3, 0.4) is 0 Å². The van der Waals surface area contributed by atoms with Gasteiger partial charge in [-0.15, -0.1) is 0 Å². The molecule has 0 bridgehead atoms. The summed E-state index contributed by atoms with van der Waals surface area (Å²) in [6, 6.07) is 5.06. The molecule has 1 saturated carbocycles. The van der Waals surface area contributed by atoms with E-state index >= 15 is 0 Å². The van der Waals surface area contributed by atoms with Gasteiger partial charge in [-0.2, -0.15) is 0 Å². The first-order valence-corrected chi connectivity index (χ1v) is 9.80. The number of aromatic hydroxyl groups is 1. The first kappa shape index (κ1) is 18.1. The number of benzene rings is 1. The molecule has 146 valence electrons. The van der Waals surface area contributed by atoms with E-state index < -0.39 is 0 Å². The summed E-state index contributed by atoms with van der Waals surface area (Å²) in [6.07, 6.45) is 6.19. The molecule has 1 aliphatic carbocycles. The van der Waals surface area contributed by atoms with Gasteiger partial charge < -0.3 is 19.1 Å². The van der Waals surface area contributed by atoms with E-state index in [0.29, 0.717) is 36.1 Å². The Labute approximate surface area is 158 Å². The molecule has 0 atom stereocenters. The second-order valence-electron chi connectivity index (χ2n) is 7.58. The quantitative estimate of drug-likeness (QED) is 0.776. The van der Waals surface area contributed by atoms with Crippen LogP contribution in [0.2, 0.25) is 0 Å². The number of ether oxygens (including phenoxy) is 2. The maximum absolute atomic E-state index is 12.0. The second-order valence-corrected chi connectivity index (χ2v) is 7.58. The van der Waals surface area contributed by atoms with Gasteiger partial charge in [0.15, 0.2) is 5.58 Å². The number of carbonyl (C=O) groups excluding carboxylic acids is 1. The highest BCUT2D eigenvalue weighted by Gasteiger charge is 2.26. The molecule has 0 radical (unpaired) electrons. The van der Waals surface area contributed by atoms with Crippen LogP contribution >= 0.6 is 0 Å². The van der Waals surface area contributed by atoms with Crippen LogP contribution in [-0.4, -0.2) is 47.6 Å². The van der Waals surface area contributed by atoms with Crippen LogP contribution in [-0.2, 0) is 9.53 Å². The third kappa shape index (κ3) is 4.18. The normalized spacial score (nSPS) is 19.6. The molecule has 27 heavy (non-hydrogen) atoms. The molecule has 1 N–H and O–H groups in total. The minimum atomic E-state index is -0.0318. The number of likely N-dealkylation sites (tertiary alicyclic amines) is 1. The van der Waals surface area contributed by atoms with E-state index in [9.17, 15) is 9.90 Å². The fourth-order valence-electron chi connectivity index (χ4n) is 3.96. The summed E-state index contributed by atoms with van der Waals surface area (Å²) in [5.41, 5.74) is 0.517. The number of hydrogen-bond donors (Lipinski definition) is 1. The number of nitrogens with zero attached hydrogens (tertiary/aromatic N) is 2. The predicted molar refractivity (Wildman–Crippen MR) is 98.4 cm³/mol. The molecule has 2 aliphatic rings. The van der Waals surface area contributed by atoms with E-state index in [2.05, 4.69) is 10.1 Å². The third-order valence-electron chi connectivity index (χ3n) is 5.69. The van der Waals surface area contributed by atoms with Crippen molar-refractivity contribution in [3.05, 3.63) is 18.2 Å². The lowest BCUT2D eigenvalue weighted by atomic mass is 9.98. The van der Waals surface area contributed by atoms with Gasteiger partial charge in [-0.1, -0.05) is 18.9 Å². The van der Waals surface area contributed by atoms with Gasteiger partial charge in [-0.05, 0) is 48.9 Å². The Morgan fingerprint density at radius 1 is 1.22 bits per heavy atom. The van der Waals surface area contributed by atoms with Crippen LogP contribution in [0.25, 0.3) is 11.0 Å². The van der Waals surface area contributed by atoms with E-state index in [1.54, 1.807) is 18.2 Å². The zero-order valence-corrected chi connectivity index (χ0v) is 15.4. The molecule has 7 heteroatoms. The first-order chi connectivity index (χ1) is 13.2. The molecule has 1 saturated heterocycles. The van der Waals surface area contributed by atoms with Gasteiger partial charge in [0.2, 0.25) is 0 Å². The Balaban J connectivity index is 1.21. The Morgan fingerprint density at radius 3 is 2.78 bits per heavy atom. The van der Waals surface area contributed by atoms with Crippen LogP contribution < -0.4 is 4.74 Å². The number of fused-ring (bicyclic) bond motifs is 1. The van der Waals surface area contributed by atoms with Gasteiger partial charge >= 0.3 is 5.97 Å². The number of aromatic nitrogens is 1. The van der Waals surface area contributed by atoms with Crippen molar-refractivity contribution in [1.82, 2.24) is 10.1 Å². The summed E-state index contributed by atoms with van der Waals surface area (Å²) in [4.78, 5) is 14.2. The topological polar surface area (TPSA) is 85.0 Å². The van der Waals surface area contributed by atoms with Gasteiger partial charge in [0.05, 0.1) is 12.5 Å². The first-order valence-electron chi connectivity index (χ1n) is 9.80. The molecular formula is C20H26N2O5. The zero-order valence-electron chi connectivity index (χ0n) is 15.4. The SMILES string of the molecule is O=C(OCN1CCC(COc2noc3cccc(O)c23)CC1)C1CCCC1. The summed E-state index contributed by atoms with van der Waals surface area (Å²) in [5, 5.41) is 14.4. The summed E-state index contributed by atoms with van der Waals surface area (Å²) < 4.78 is 16.5. The zero-order chi connectivity index (χ0) is 18.6. The van der Waals surface area contributed by atoms with Crippen LogP contribution in [0.5, 0.6) is 11.6 Å². The molecule has 0 spiro atoms. The summed E-state index contributed by atoms with van der Waals surface area (Å²) in [7, 11) is 0. The Kier molecular flexibility index (Phi) is 5.48. The minimum absolute atomic E-state index is 0.0318. The van der Waals surface area contributed by atoms with Gasteiger partial charge in [0.25, 0.3) is 5.88 Å². The molecule has 4 rings (SSSR count). The Hall–Kier alpha value is -2.28. The number of phenolic OH excluding ortho intramolecular Hbond substituents is 1. The smallest absolute Gasteiger partial charge is 0.310 e. The number of rotatable bonds is 6. The van der Waals surface area contributed by atoms with Crippen molar-refractivity contribution in [2.75, 3.05) is 26.4 Å². The molecule has 7 nitrogen and oxygen atoms in total.